The van der Waals surface area contributed by atoms with Gasteiger partial charge >= 0.3 is 0 Å². The van der Waals surface area contributed by atoms with Gasteiger partial charge in [-0.05, 0) is 35.2 Å². The summed E-state index contributed by atoms with van der Waals surface area (Å²) >= 11 is 0. The van der Waals surface area contributed by atoms with E-state index < -0.39 is 0 Å². The second-order valence-electron chi connectivity index (χ2n) is 6.46. The lowest BCUT2D eigenvalue weighted by molar-refractivity contribution is 0.174. The Morgan fingerprint density at radius 1 is 0.741 bits per heavy atom. The van der Waals surface area contributed by atoms with E-state index in [1.165, 1.54) is 0 Å². The van der Waals surface area contributed by atoms with Crippen LogP contribution in [-0.2, 0) is 0 Å². The summed E-state index contributed by atoms with van der Waals surface area (Å²) in [6.45, 7) is 0.309. The summed E-state index contributed by atoms with van der Waals surface area (Å²) in [5, 5.41) is 23.4. The minimum absolute atomic E-state index is 0.0935. The normalized spacial score (nSPS) is 14.4. The quantitative estimate of drug-likeness (QED) is 0.476. The van der Waals surface area contributed by atoms with Crippen LogP contribution < -0.4 is 18.9 Å². The fourth-order valence-corrected chi connectivity index (χ4v) is 3.87. The van der Waals surface area contributed by atoms with E-state index in [9.17, 15) is 10.2 Å². The molecule has 2 aliphatic heterocycles. The molecule has 27 heavy (non-hydrogen) atoms. The molecule has 6 rings (SSSR count). The van der Waals surface area contributed by atoms with Gasteiger partial charge in [0, 0.05) is 16.3 Å². The lowest BCUT2D eigenvalue weighted by atomic mass is 9.92. The number of hydrogen-bond acceptors (Lipinski definition) is 6. The van der Waals surface area contributed by atoms with Crippen LogP contribution in [0.4, 0.5) is 0 Å². The van der Waals surface area contributed by atoms with Crippen molar-refractivity contribution in [1.29, 1.82) is 0 Å². The van der Waals surface area contributed by atoms with Crippen molar-refractivity contribution in [1.82, 2.24) is 4.98 Å². The highest BCUT2D eigenvalue weighted by Crippen LogP contribution is 2.51. The molecule has 0 atom stereocenters. The van der Waals surface area contributed by atoms with E-state index in [4.69, 9.17) is 18.9 Å². The van der Waals surface area contributed by atoms with E-state index in [0.29, 0.717) is 33.8 Å². The van der Waals surface area contributed by atoms with Crippen molar-refractivity contribution in [3.8, 4) is 45.9 Å². The predicted molar refractivity (Wildman–Crippen MR) is 96.8 cm³/mol. The summed E-state index contributed by atoms with van der Waals surface area (Å²) in [5.41, 5.74) is 1.52. The standard InChI is InChI=1S/C20H13NO6/c22-19-11-5-9-2-4-13-18(27-8-25-13)16(9)15(17(11)20(23)21-19)10-1-3-12-14(6-10)26-7-24-12/h1-6,21-23H,7-8H2. The van der Waals surface area contributed by atoms with Crippen LogP contribution in [0.15, 0.2) is 36.4 Å². The summed E-state index contributed by atoms with van der Waals surface area (Å²) < 4.78 is 22.2. The maximum Gasteiger partial charge on any atom is 0.231 e. The predicted octanol–water partition coefficient (Wildman–Crippen LogP) is 3.86. The highest BCUT2D eigenvalue weighted by molar-refractivity contribution is 6.18. The molecule has 0 radical (unpaired) electrons. The topological polar surface area (TPSA) is 93.2 Å². The van der Waals surface area contributed by atoms with E-state index in [1.54, 1.807) is 0 Å². The van der Waals surface area contributed by atoms with Crippen LogP contribution in [0.5, 0.6) is 34.8 Å². The zero-order valence-electron chi connectivity index (χ0n) is 13.9. The summed E-state index contributed by atoms with van der Waals surface area (Å²) in [5.74, 6) is 2.34. The fourth-order valence-electron chi connectivity index (χ4n) is 3.87. The van der Waals surface area contributed by atoms with Gasteiger partial charge < -0.3 is 29.2 Å². The molecule has 7 heteroatoms. The minimum atomic E-state index is -0.117. The first-order valence-electron chi connectivity index (χ1n) is 8.39. The minimum Gasteiger partial charge on any atom is -0.494 e. The van der Waals surface area contributed by atoms with Crippen LogP contribution in [0.2, 0.25) is 0 Å². The van der Waals surface area contributed by atoms with E-state index in [-0.39, 0.29) is 25.3 Å². The molecule has 4 aromatic rings. The van der Waals surface area contributed by atoms with Gasteiger partial charge in [-0.25, -0.2) is 0 Å². The molecule has 0 unspecified atom stereocenters. The van der Waals surface area contributed by atoms with Crippen molar-refractivity contribution in [2.45, 2.75) is 0 Å². The Labute approximate surface area is 152 Å². The molecule has 0 saturated carbocycles. The third-order valence-corrected chi connectivity index (χ3v) is 5.03. The van der Waals surface area contributed by atoms with Gasteiger partial charge in [-0.3, -0.25) is 4.98 Å². The number of benzene rings is 3. The third kappa shape index (κ3) is 1.85. The van der Waals surface area contributed by atoms with E-state index in [2.05, 4.69) is 4.98 Å². The van der Waals surface area contributed by atoms with Crippen LogP contribution in [0.25, 0.3) is 32.7 Å². The third-order valence-electron chi connectivity index (χ3n) is 5.03. The summed E-state index contributed by atoms with van der Waals surface area (Å²) in [6.07, 6.45) is 0. The van der Waals surface area contributed by atoms with Gasteiger partial charge in [0.1, 0.15) is 0 Å². The highest BCUT2D eigenvalue weighted by atomic mass is 16.7. The Morgan fingerprint density at radius 2 is 1.52 bits per heavy atom. The van der Waals surface area contributed by atoms with Gasteiger partial charge in [-0.2, -0.15) is 0 Å². The Morgan fingerprint density at radius 3 is 2.44 bits per heavy atom. The van der Waals surface area contributed by atoms with Crippen LogP contribution >= 0.6 is 0 Å². The molecule has 2 aliphatic rings. The number of aromatic amines is 1. The van der Waals surface area contributed by atoms with Crippen molar-refractivity contribution in [3.05, 3.63) is 36.4 Å². The molecular weight excluding hydrogens is 350 g/mol. The number of ether oxygens (including phenoxy) is 4. The summed E-state index contributed by atoms with van der Waals surface area (Å²) in [6, 6.07) is 11.1. The summed E-state index contributed by atoms with van der Waals surface area (Å²) in [7, 11) is 0. The molecule has 3 N–H and O–H groups in total. The Balaban J connectivity index is 1.81. The van der Waals surface area contributed by atoms with Crippen molar-refractivity contribution < 1.29 is 29.2 Å². The van der Waals surface area contributed by atoms with Crippen LogP contribution in [0.3, 0.4) is 0 Å². The fraction of sp³-hybridized carbons (Fsp3) is 0.100. The molecule has 0 fully saturated rings. The average molecular weight is 363 g/mol. The molecule has 134 valence electrons. The SMILES string of the molecule is Oc1[nH]c(O)c2c(-c3ccc4c(c3)OCO4)c3c4c(ccc3cc12)OCO4. The number of H-pyrrole nitrogens is 1. The molecule has 7 nitrogen and oxygen atoms in total. The lowest BCUT2D eigenvalue weighted by Gasteiger charge is -2.12. The Kier molecular flexibility index (Phi) is 2.63. The smallest absolute Gasteiger partial charge is 0.231 e. The van der Waals surface area contributed by atoms with E-state index >= 15 is 0 Å². The highest BCUT2D eigenvalue weighted by Gasteiger charge is 2.26. The first-order chi connectivity index (χ1) is 13.2. The molecule has 0 spiro atoms. The van der Waals surface area contributed by atoms with E-state index in [0.717, 1.165) is 21.9 Å². The molecule has 3 heterocycles. The van der Waals surface area contributed by atoms with Crippen molar-refractivity contribution in [2.75, 3.05) is 13.6 Å². The lowest BCUT2D eigenvalue weighted by Crippen LogP contribution is -1.93. The molecule has 0 amide bonds. The molecule has 1 aromatic heterocycles. The van der Waals surface area contributed by atoms with Crippen LogP contribution in [0.1, 0.15) is 0 Å². The number of aromatic hydroxyl groups is 2. The largest absolute Gasteiger partial charge is 0.494 e. The Hall–Kier alpha value is -3.74. The summed E-state index contributed by atoms with van der Waals surface area (Å²) in [4.78, 5) is 2.60. The van der Waals surface area contributed by atoms with Gasteiger partial charge in [0.25, 0.3) is 0 Å². The second-order valence-corrected chi connectivity index (χ2v) is 6.46. The number of rotatable bonds is 1. The molecule has 0 aliphatic carbocycles. The molecule has 0 saturated heterocycles. The van der Waals surface area contributed by atoms with Gasteiger partial charge in [0.15, 0.2) is 34.8 Å². The second kappa shape index (κ2) is 4.91. The van der Waals surface area contributed by atoms with Gasteiger partial charge in [-0.15, -0.1) is 0 Å². The molecular formula is C20H13NO6. The number of fused-ring (bicyclic) bond motifs is 5. The first-order valence-corrected chi connectivity index (χ1v) is 8.39. The molecule has 0 bridgehead atoms. The van der Waals surface area contributed by atoms with Crippen LogP contribution in [0, 0.1) is 0 Å². The zero-order chi connectivity index (χ0) is 18.1. The number of hydrogen-bond donors (Lipinski definition) is 3. The molecule has 3 aromatic carbocycles. The van der Waals surface area contributed by atoms with Gasteiger partial charge in [0.2, 0.25) is 13.6 Å². The van der Waals surface area contributed by atoms with Crippen molar-refractivity contribution >= 4 is 21.5 Å². The number of aromatic nitrogens is 1. The number of nitrogens with one attached hydrogen (secondary N) is 1. The van der Waals surface area contributed by atoms with Gasteiger partial charge in [0.05, 0.1) is 5.39 Å². The average Bonchev–Trinajstić information content (AvgIpc) is 3.39. The van der Waals surface area contributed by atoms with Crippen LogP contribution in [-0.4, -0.2) is 28.8 Å². The first kappa shape index (κ1) is 14.4. The van der Waals surface area contributed by atoms with Crippen molar-refractivity contribution in [3.63, 3.8) is 0 Å². The zero-order valence-corrected chi connectivity index (χ0v) is 13.9. The van der Waals surface area contributed by atoms with Crippen molar-refractivity contribution in [2.24, 2.45) is 0 Å². The van der Waals surface area contributed by atoms with Gasteiger partial charge in [-0.1, -0.05) is 12.1 Å². The Bertz CT molecular complexity index is 1260. The maximum atomic E-state index is 10.5. The van der Waals surface area contributed by atoms with E-state index in [1.807, 2.05) is 36.4 Å². The monoisotopic (exact) mass is 363 g/mol. The maximum absolute atomic E-state index is 10.5.